The number of nitrogens with zero attached hydrogens (tertiary/aromatic N) is 2. The zero-order valence-corrected chi connectivity index (χ0v) is 11.4. The molecule has 2 N–H and O–H groups in total. The first-order chi connectivity index (χ1) is 10.3. The van der Waals surface area contributed by atoms with Crippen LogP contribution in [0, 0.1) is 0 Å². The van der Waals surface area contributed by atoms with Crippen LogP contribution in [0.3, 0.4) is 0 Å². The Kier molecular flexibility index (Phi) is 2.82. The fourth-order valence-electron chi connectivity index (χ4n) is 3.01. The van der Waals surface area contributed by atoms with E-state index >= 15 is 0 Å². The summed E-state index contributed by atoms with van der Waals surface area (Å²) >= 11 is 0. The highest BCUT2D eigenvalue weighted by atomic mass is 16.3. The molecule has 0 spiro atoms. The molecule has 1 heterocycles. The molecule has 4 heteroatoms. The number of aliphatic hydroxyl groups is 1. The number of anilines is 1. The van der Waals surface area contributed by atoms with E-state index in [-0.39, 0.29) is 6.04 Å². The summed E-state index contributed by atoms with van der Waals surface area (Å²) in [6, 6.07) is 15.9. The highest BCUT2D eigenvalue weighted by Crippen LogP contribution is 2.34. The third-order valence-corrected chi connectivity index (χ3v) is 4.04. The minimum atomic E-state index is -0.434. The van der Waals surface area contributed by atoms with Gasteiger partial charge in [-0.05, 0) is 23.3 Å². The van der Waals surface area contributed by atoms with Crippen LogP contribution < -0.4 is 5.32 Å². The average Bonchev–Trinajstić information content (AvgIpc) is 2.84. The van der Waals surface area contributed by atoms with Crippen molar-refractivity contribution in [3.05, 3.63) is 66.0 Å². The maximum Gasteiger partial charge on any atom is 0.137 e. The van der Waals surface area contributed by atoms with Crippen LogP contribution in [0.5, 0.6) is 0 Å². The molecule has 21 heavy (non-hydrogen) atoms. The van der Waals surface area contributed by atoms with Crippen molar-refractivity contribution in [3.63, 3.8) is 0 Å². The van der Waals surface area contributed by atoms with Crippen LogP contribution in [-0.2, 0) is 6.42 Å². The molecule has 1 aliphatic rings. The van der Waals surface area contributed by atoms with Crippen LogP contribution >= 0.6 is 0 Å². The third kappa shape index (κ3) is 2.04. The summed E-state index contributed by atoms with van der Waals surface area (Å²) in [5.41, 5.74) is 3.24. The summed E-state index contributed by atoms with van der Waals surface area (Å²) in [7, 11) is 0. The van der Waals surface area contributed by atoms with Gasteiger partial charge >= 0.3 is 0 Å². The van der Waals surface area contributed by atoms with Crippen LogP contribution in [0.15, 0.2) is 54.9 Å². The van der Waals surface area contributed by atoms with Gasteiger partial charge in [-0.3, -0.25) is 0 Å². The number of hydrogen-bond donors (Lipinski definition) is 2. The van der Waals surface area contributed by atoms with Gasteiger partial charge in [0.05, 0.1) is 17.7 Å². The van der Waals surface area contributed by atoms with E-state index in [4.69, 9.17) is 0 Å². The van der Waals surface area contributed by atoms with Crippen LogP contribution in [0.2, 0.25) is 0 Å². The van der Waals surface area contributed by atoms with E-state index in [0.29, 0.717) is 6.42 Å². The number of hydrogen-bond acceptors (Lipinski definition) is 4. The highest BCUT2D eigenvalue weighted by molar-refractivity contribution is 5.88. The van der Waals surface area contributed by atoms with Gasteiger partial charge in [0.15, 0.2) is 0 Å². The molecular weight excluding hydrogens is 262 g/mol. The Morgan fingerprint density at radius 2 is 1.81 bits per heavy atom. The number of aliphatic hydroxyl groups excluding tert-OH is 1. The molecule has 1 aliphatic carbocycles. The topological polar surface area (TPSA) is 58.0 Å². The number of nitrogens with one attached hydrogen (secondary N) is 1. The van der Waals surface area contributed by atoms with E-state index in [1.54, 1.807) is 6.33 Å². The van der Waals surface area contributed by atoms with E-state index in [0.717, 1.165) is 22.3 Å². The van der Waals surface area contributed by atoms with Gasteiger partial charge < -0.3 is 10.4 Å². The number of para-hydroxylation sites is 1. The van der Waals surface area contributed by atoms with E-state index in [9.17, 15) is 5.11 Å². The summed E-state index contributed by atoms with van der Waals surface area (Å²) in [6.45, 7) is 0. The van der Waals surface area contributed by atoms with Gasteiger partial charge in [0.2, 0.25) is 0 Å². The second kappa shape index (κ2) is 4.82. The smallest absolute Gasteiger partial charge is 0.137 e. The Bertz CT molecular complexity index is 797. The van der Waals surface area contributed by atoms with Gasteiger partial charge in [-0.1, -0.05) is 36.4 Å². The highest BCUT2D eigenvalue weighted by Gasteiger charge is 2.31. The predicted molar refractivity (Wildman–Crippen MR) is 82.1 cm³/mol. The molecule has 0 bridgehead atoms. The van der Waals surface area contributed by atoms with Gasteiger partial charge in [0.1, 0.15) is 12.1 Å². The molecule has 0 aliphatic heterocycles. The molecule has 3 aromatic rings. The summed E-state index contributed by atoms with van der Waals surface area (Å²) in [5, 5.41) is 14.7. The summed E-state index contributed by atoms with van der Waals surface area (Å²) in [4.78, 5) is 8.61. The fourth-order valence-corrected chi connectivity index (χ4v) is 3.01. The van der Waals surface area contributed by atoms with Crippen molar-refractivity contribution in [3.8, 4) is 0 Å². The molecular formula is C17H15N3O. The number of fused-ring (bicyclic) bond motifs is 2. The van der Waals surface area contributed by atoms with E-state index in [1.165, 1.54) is 5.56 Å². The van der Waals surface area contributed by atoms with Crippen LogP contribution in [-0.4, -0.2) is 21.2 Å². The van der Waals surface area contributed by atoms with Crippen molar-refractivity contribution in [2.24, 2.45) is 0 Å². The molecule has 2 aromatic carbocycles. The Hall–Kier alpha value is -2.46. The molecule has 4 nitrogen and oxygen atoms in total. The van der Waals surface area contributed by atoms with E-state index < -0.39 is 6.10 Å². The van der Waals surface area contributed by atoms with Crippen molar-refractivity contribution in [1.29, 1.82) is 0 Å². The third-order valence-electron chi connectivity index (χ3n) is 4.04. The standard InChI is InChI=1S/C17H15N3O/c21-15-9-11-5-1-2-6-12(11)16(15)20-17-13-7-3-4-8-14(13)18-10-19-17/h1-8,10,15-16,21H,9H2,(H,18,19,20)/t15-,16+/m1/s1. The summed E-state index contributed by atoms with van der Waals surface area (Å²) in [6.07, 6.45) is 1.80. The van der Waals surface area contributed by atoms with Gasteiger partial charge in [0.25, 0.3) is 0 Å². The monoisotopic (exact) mass is 277 g/mol. The lowest BCUT2D eigenvalue weighted by Gasteiger charge is -2.19. The van der Waals surface area contributed by atoms with Crippen LogP contribution in [0.4, 0.5) is 5.82 Å². The molecule has 2 atom stereocenters. The lowest BCUT2D eigenvalue weighted by molar-refractivity contribution is 0.165. The number of rotatable bonds is 2. The maximum absolute atomic E-state index is 10.3. The normalized spacial score (nSPS) is 20.4. The summed E-state index contributed by atoms with van der Waals surface area (Å²) in [5.74, 6) is 0.765. The predicted octanol–water partition coefficient (Wildman–Crippen LogP) is 2.70. The van der Waals surface area contributed by atoms with Gasteiger partial charge in [0, 0.05) is 11.8 Å². The number of benzene rings is 2. The van der Waals surface area contributed by atoms with Crippen LogP contribution in [0.25, 0.3) is 10.9 Å². The average molecular weight is 277 g/mol. The quantitative estimate of drug-likeness (QED) is 0.756. The SMILES string of the molecule is O[C@@H]1Cc2ccccc2[C@@H]1Nc1ncnc2ccccc12. The van der Waals surface area contributed by atoms with Gasteiger partial charge in [-0.15, -0.1) is 0 Å². The molecule has 0 radical (unpaired) electrons. The fraction of sp³-hybridized carbons (Fsp3) is 0.176. The molecule has 1 aromatic heterocycles. The Labute approximate surface area is 122 Å². The summed E-state index contributed by atoms with van der Waals surface area (Å²) < 4.78 is 0. The molecule has 0 fully saturated rings. The number of aromatic nitrogens is 2. The first-order valence-electron chi connectivity index (χ1n) is 7.05. The Balaban J connectivity index is 1.75. The molecule has 4 rings (SSSR count). The largest absolute Gasteiger partial charge is 0.390 e. The van der Waals surface area contributed by atoms with E-state index in [2.05, 4.69) is 27.4 Å². The van der Waals surface area contributed by atoms with Crippen molar-refractivity contribution in [2.75, 3.05) is 5.32 Å². The van der Waals surface area contributed by atoms with Crippen LogP contribution in [0.1, 0.15) is 17.2 Å². The van der Waals surface area contributed by atoms with Crippen molar-refractivity contribution in [1.82, 2.24) is 9.97 Å². The Morgan fingerprint density at radius 3 is 2.76 bits per heavy atom. The van der Waals surface area contributed by atoms with Gasteiger partial charge in [-0.25, -0.2) is 9.97 Å². The van der Waals surface area contributed by atoms with Crippen molar-refractivity contribution >= 4 is 16.7 Å². The lowest BCUT2D eigenvalue weighted by Crippen LogP contribution is -2.21. The first-order valence-corrected chi connectivity index (χ1v) is 7.05. The lowest BCUT2D eigenvalue weighted by atomic mass is 10.1. The molecule has 0 saturated carbocycles. The first kappa shape index (κ1) is 12.3. The maximum atomic E-state index is 10.3. The second-order valence-electron chi connectivity index (χ2n) is 5.33. The minimum absolute atomic E-state index is 0.125. The second-order valence-corrected chi connectivity index (χ2v) is 5.33. The zero-order chi connectivity index (χ0) is 14.2. The molecule has 0 unspecified atom stereocenters. The van der Waals surface area contributed by atoms with Crippen molar-refractivity contribution in [2.45, 2.75) is 18.6 Å². The Morgan fingerprint density at radius 1 is 1.00 bits per heavy atom. The minimum Gasteiger partial charge on any atom is -0.390 e. The molecule has 0 amide bonds. The molecule has 0 saturated heterocycles. The van der Waals surface area contributed by atoms with Crippen molar-refractivity contribution < 1.29 is 5.11 Å². The zero-order valence-electron chi connectivity index (χ0n) is 11.4. The van der Waals surface area contributed by atoms with E-state index in [1.807, 2.05) is 36.4 Å². The molecule has 104 valence electrons. The van der Waals surface area contributed by atoms with Gasteiger partial charge in [-0.2, -0.15) is 0 Å².